The van der Waals surface area contributed by atoms with Crippen molar-refractivity contribution in [3.05, 3.63) is 167 Å². The van der Waals surface area contributed by atoms with Crippen molar-refractivity contribution < 1.29 is 33.2 Å². The standard InChI is InChI=1S/C42H44O7/c1-43-35-24-15-25-36(44-2)38(35)40-42(48-29-34-22-13-6-14-23-34)41(47-28-33-20-11-5-12-21-33)39(46-27-32-18-9-4-10-19-32)37(49-40)30-45-26-31-16-7-3-8-17-31/h3-25,37,39-42H,26-30H2,1-2H3/t37-,39-,40+,41+,42+/m1/s1. The lowest BCUT2D eigenvalue weighted by Gasteiger charge is -2.46. The van der Waals surface area contributed by atoms with Crippen LogP contribution in [0.2, 0.25) is 0 Å². The fraction of sp³-hybridized carbons (Fsp3) is 0.286. The predicted molar refractivity (Wildman–Crippen MR) is 188 cm³/mol. The van der Waals surface area contributed by atoms with Crippen molar-refractivity contribution in [2.24, 2.45) is 0 Å². The predicted octanol–water partition coefficient (Wildman–Crippen LogP) is 8.12. The minimum Gasteiger partial charge on any atom is -0.496 e. The Morgan fingerprint density at radius 1 is 0.449 bits per heavy atom. The lowest BCUT2D eigenvalue weighted by Crippen LogP contribution is -2.58. The molecule has 254 valence electrons. The fourth-order valence-corrected chi connectivity index (χ4v) is 6.18. The number of benzene rings is 5. The SMILES string of the molecule is COc1cccc(OC)c1[C@@H]1O[C@H](COCc2ccccc2)[C@@H](OCc2ccccc2)[C@H](OCc2ccccc2)[C@H]1OCc1ccccc1. The van der Waals surface area contributed by atoms with Gasteiger partial charge in [-0.2, -0.15) is 0 Å². The molecular weight excluding hydrogens is 616 g/mol. The Bertz CT molecular complexity index is 1650. The van der Waals surface area contributed by atoms with Gasteiger partial charge in [-0.25, -0.2) is 0 Å². The smallest absolute Gasteiger partial charge is 0.128 e. The minimum atomic E-state index is -0.641. The molecule has 5 aromatic carbocycles. The largest absolute Gasteiger partial charge is 0.496 e. The molecular formula is C42H44O7. The van der Waals surface area contributed by atoms with Crippen molar-refractivity contribution in [1.82, 2.24) is 0 Å². The van der Waals surface area contributed by atoms with Crippen molar-refractivity contribution in [3.63, 3.8) is 0 Å². The molecule has 7 heteroatoms. The molecule has 6 rings (SSSR count). The minimum absolute atomic E-state index is 0.263. The molecule has 1 aliphatic heterocycles. The van der Waals surface area contributed by atoms with E-state index in [2.05, 4.69) is 24.3 Å². The second-order valence-corrected chi connectivity index (χ2v) is 12.0. The molecule has 1 heterocycles. The normalized spacial score (nSPS) is 20.5. The third-order valence-corrected chi connectivity index (χ3v) is 8.63. The van der Waals surface area contributed by atoms with E-state index < -0.39 is 30.5 Å². The molecule has 0 bridgehead atoms. The van der Waals surface area contributed by atoms with E-state index in [1.807, 2.05) is 115 Å². The number of ether oxygens (including phenoxy) is 7. The molecule has 49 heavy (non-hydrogen) atoms. The van der Waals surface area contributed by atoms with Gasteiger partial charge in [0.2, 0.25) is 0 Å². The number of methoxy groups -OCH3 is 2. The van der Waals surface area contributed by atoms with E-state index in [1.165, 1.54) is 0 Å². The molecule has 0 aromatic heterocycles. The summed E-state index contributed by atoms with van der Waals surface area (Å²) in [5, 5.41) is 0. The van der Waals surface area contributed by atoms with Gasteiger partial charge in [-0.3, -0.25) is 0 Å². The number of hydrogen-bond donors (Lipinski definition) is 0. The zero-order valence-electron chi connectivity index (χ0n) is 28.1. The maximum atomic E-state index is 7.06. The van der Waals surface area contributed by atoms with Crippen molar-refractivity contribution in [3.8, 4) is 11.5 Å². The summed E-state index contributed by atoms with van der Waals surface area (Å²) in [5.41, 5.74) is 4.94. The highest BCUT2D eigenvalue weighted by molar-refractivity contribution is 5.47. The van der Waals surface area contributed by atoms with Crippen LogP contribution in [0.3, 0.4) is 0 Å². The van der Waals surface area contributed by atoms with Crippen molar-refractivity contribution in [2.45, 2.75) is 56.9 Å². The zero-order chi connectivity index (χ0) is 33.7. The monoisotopic (exact) mass is 660 g/mol. The van der Waals surface area contributed by atoms with E-state index in [0.717, 1.165) is 27.8 Å². The average molecular weight is 661 g/mol. The Hall–Kier alpha value is -4.50. The van der Waals surface area contributed by atoms with Crippen LogP contribution < -0.4 is 9.47 Å². The van der Waals surface area contributed by atoms with Crippen LogP contribution in [0.15, 0.2) is 140 Å². The van der Waals surface area contributed by atoms with Gasteiger partial charge in [-0.15, -0.1) is 0 Å². The topological polar surface area (TPSA) is 64.6 Å². The lowest BCUT2D eigenvalue weighted by atomic mass is 9.89. The fourth-order valence-electron chi connectivity index (χ4n) is 6.18. The second kappa shape index (κ2) is 17.8. The second-order valence-electron chi connectivity index (χ2n) is 12.0. The summed E-state index contributed by atoms with van der Waals surface area (Å²) in [4.78, 5) is 0. The molecule has 0 N–H and O–H groups in total. The zero-order valence-corrected chi connectivity index (χ0v) is 28.1. The van der Waals surface area contributed by atoms with Gasteiger partial charge in [0.1, 0.15) is 42.0 Å². The molecule has 0 radical (unpaired) electrons. The van der Waals surface area contributed by atoms with Gasteiger partial charge in [0, 0.05) is 0 Å². The Kier molecular flexibility index (Phi) is 12.5. The Morgan fingerprint density at radius 2 is 0.857 bits per heavy atom. The van der Waals surface area contributed by atoms with E-state index in [9.17, 15) is 0 Å². The van der Waals surface area contributed by atoms with Gasteiger partial charge in [0.15, 0.2) is 0 Å². The molecule has 7 nitrogen and oxygen atoms in total. The highest BCUT2D eigenvalue weighted by Gasteiger charge is 2.50. The van der Waals surface area contributed by atoms with Gasteiger partial charge in [0.05, 0.1) is 52.8 Å². The molecule has 0 saturated carbocycles. The van der Waals surface area contributed by atoms with Crippen LogP contribution >= 0.6 is 0 Å². The maximum Gasteiger partial charge on any atom is 0.128 e. The lowest BCUT2D eigenvalue weighted by molar-refractivity contribution is -0.275. The Labute approximate surface area is 289 Å². The highest BCUT2D eigenvalue weighted by Crippen LogP contribution is 2.45. The van der Waals surface area contributed by atoms with Gasteiger partial charge in [-0.1, -0.05) is 127 Å². The summed E-state index contributed by atoms with van der Waals surface area (Å²) < 4.78 is 45.8. The first-order valence-electron chi connectivity index (χ1n) is 16.7. The average Bonchev–Trinajstić information content (AvgIpc) is 3.17. The first kappa shape index (κ1) is 34.4. The Balaban J connectivity index is 1.40. The van der Waals surface area contributed by atoms with Gasteiger partial charge >= 0.3 is 0 Å². The summed E-state index contributed by atoms with van der Waals surface area (Å²) >= 11 is 0. The summed E-state index contributed by atoms with van der Waals surface area (Å²) in [5.74, 6) is 1.26. The van der Waals surface area contributed by atoms with E-state index in [-0.39, 0.29) is 6.61 Å². The first-order chi connectivity index (χ1) is 24.2. The van der Waals surface area contributed by atoms with Gasteiger partial charge in [0.25, 0.3) is 0 Å². The van der Waals surface area contributed by atoms with Crippen LogP contribution in [0, 0.1) is 0 Å². The molecule has 1 fully saturated rings. The van der Waals surface area contributed by atoms with Gasteiger partial charge < -0.3 is 33.2 Å². The number of hydrogen-bond acceptors (Lipinski definition) is 7. The molecule has 1 aliphatic rings. The molecule has 5 aromatic rings. The van der Waals surface area contributed by atoms with Crippen LogP contribution in [0.5, 0.6) is 11.5 Å². The van der Waals surface area contributed by atoms with Gasteiger partial charge in [-0.05, 0) is 34.4 Å². The van der Waals surface area contributed by atoms with Crippen LogP contribution in [-0.2, 0) is 50.1 Å². The van der Waals surface area contributed by atoms with Crippen molar-refractivity contribution >= 4 is 0 Å². The van der Waals surface area contributed by atoms with Crippen molar-refractivity contribution in [2.75, 3.05) is 20.8 Å². The highest BCUT2D eigenvalue weighted by atomic mass is 16.6. The summed E-state index contributed by atoms with van der Waals surface area (Å²) in [6, 6.07) is 46.2. The van der Waals surface area contributed by atoms with Crippen LogP contribution in [0.4, 0.5) is 0 Å². The van der Waals surface area contributed by atoms with E-state index in [4.69, 9.17) is 33.2 Å². The summed E-state index contributed by atoms with van der Waals surface area (Å²) in [6.07, 6.45) is -2.88. The molecule has 5 atom stereocenters. The maximum absolute atomic E-state index is 7.06. The van der Waals surface area contributed by atoms with E-state index in [1.54, 1.807) is 14.2 Å². The third kappa shape index (κ3) is 9.15. The quantitative estimate of drug-likeness (QED) is 0.106. The third-order valence-electron chi connectivity index (χ3n) is 8.63. The Morgan fingerprint density at radius 3 is 1.31 bits per heavy atom. The molecule has 0 amide bonds. The molecule has 1 saturated heterocycles. The van der Waals surface area contributed by atoms with Crippen LogP contribution in [-0.4, -0.2) is 45.2 Å². The van der Waals surface area contributed by atoms with Crippen molar-refractivity contribution in [1.29, 1.82) is 0 Å². The van der Waals surface area contributed by atoms with E-state index in [0.29, 0.717) is 37.9 Å². The molecule has 0 aliphatic carbocycles. The summed E-state index contributed by atoms with van der Waals surface area (Å²) in [6.45, 7) is 1.75. The molecule has 0 spiro atoms. The van der Waals surface area contributed by atoms with E-state index >= 15 is 0 Å². The van der Waals surface area contributed by atoms with Crippen LogP contribution in [0.1, 0.15) is 33.9 Å². The van der Waals surface area contributed by atoms with Crippen LogP contribution in [0.25, 0.3) is 0 Å². The first-order valence-corrected chi connectivity index (χ1v) is 16.7. The summed E-state index contributed by atoms with van der Waals surface area (Å²) in [7, 11) is 3.30. The number of rotatable bonds is 16. The molecule has 0 unspecified atom stereocenters.